The van der Waals surface area contributed by atoms with Crippen LogP contribution in [0.4, 0.5) is 5.69 Å². The monoisotopic (exact) mass is 252 g/mol. The summed E-state index contributed by atoms with van der Waals surface area (Å²) in [7, 11) is 3.42. The number of aliphatic hydroxyl groups excluding tert-OH is 1. The molecule has 0 heterocycles. The van der Waals surface area contributed by atoms with Crippen LogP contribution in [0, 0.1) is 0 Å². The number of amides is 1. The van der Waals surface area contributed by atoms with Crippen LogP contribution < -0.4 is 15.4 Å². The predicted octanol–water partition coefficient (Wildman–Crippen LogP) is 1.30. The summed E-state index contributed by atoms with van der Waals surface area (Å²) in [4.78, 5) is 11.0. The van der Waals surface area contributed by atoms with Crippen LogP contribution in [0.2, 0.25) is 0 Å². The van der Waals surface area contributed by atoms with Gasteiger partial charge in [0.25, 0.3) is 0 Å². The Labute approximate surface area is 107 Å². The largest absolute Gasteiger partial charge is 0.496 e. The van der Waals surface area contributed by atoms with Crippen molar-refractivity contribution < 1.29 is 14.6 Å². The van der Waals surface area contributed by atoms with Crippen molar-refractivity contribution in [2.24, 2.45) is 0 Å². The van der Waals surface area contributed by atoms with Gasteiger partial charge in [0.15, 0.2) is 0 Å². The van der Waals surface area contributed by atoms with Gasteiger partial charge in [-0.2, -0.15) is 0 Å². The minimum atomic E-state index is -0.116. The molecule has 1 amide bonds. The fourth-order valence-corrected chi connectivity index (χ4v) is 1.87. The average Bonchev–Trinajstić information content (AvgIpc) is 2.35. The zero-order valence-electron chi connectivity index (χ0n) is 11.0. The quantitative estimate of drug-likeness (QED) is 0.713. The number of nitrogens with one attached hydrogen (secondary N) is 2. The Hall–Kier alpha value is -1.59. The molecular weight excluding hydrogens is 232 g/mol. The van der Waals surface area contributed by atoms with E-state index in [4.69, 9.17) is 9.84 Å². The van der Waals surface area contributed by atoms with E-state index in [0.717, 1.165) is 17.0 Å². The summed E-state index contributed by atoms with van der Waals surface area (Å²) in [6.07, 6.45) is 0.580. The lowest BCUT2D eigenvalue weighted by Crippen LogP contribution is -2.19. The van der Waals surface area contributed by atoms with Gasteiger partial charge in [0.1, 0.15) is 5.75 Å². The van der Waals surface area contributed by atoms with Crippen molar-refractivity contribution in [1.29, 1.82) is 0 Å². The van der Waals surface area contributed by atoms with Gasteiger partial charge in [0.05, 0.1) is 7.11 Å². The first-order chi connectivity index (χ1) is 8.62. The molecule has 0 bridgehead atoms. The molecule has 1 aromatic carbocycles. The fourth-order valence-electron chi connectivity index (χ4n) is 1.87. The third kappa shape index (κ3) is 3.72. The number of carbonyl (C=O) groups excluding carboxylic acids is 1. The number of benzene rings is 1. The summed E-state index contributed by atoms with van der Waals surface area (Å²) in [6.45, 7) is 1.55. The van der Waals surface area contributed by atoms with E-state index in [2.05, 4.69) is 10.6 Å². The summed E-state index contributed by atoms with van der Waals surface area (Å²) < 4.78 is 5.30. The van der Waals surface area contributed by atoms with E-state index >= 15 is 0 Å². The van der Waals surface area contributed by atoms with Gasteiger partial charge in [-0.25, -0.2) is 0 Å². The highest BCUT2D eigenvalue weighted by atomic mass is 16.5. The zero-order valence-corrected chi connectivity index (χ0v) is 11.0. The Morgan fingerprint density at radius 1 is 1.50 bits per heavy atom. The topological polar surface area (TPSA) is 70.6 Å². The van der Waals surface area contributed by atoms with E-state index in [0.29, 0.717) is 6.42 Å². The maximum absolute atomic E-state index is 11.0. The van der Waals surface area contributed by atoms with Gasteiger partial charge in [0, 0.05) is 30.8 Å². The predicted molar refractivity (Wildman–Crippen MR) is 70.8 cm³/mol. The van der Waals surface area contributed by atoms with Crippen molar-refractivity contribution in [3.63, 3.8) is 0 Å². The highest BCUT2D eigenvalue weighted by Crippen LogP contribution is 2.29. The van der Waals surface area contributed by atoms with Gasteiger partial charge >= 0.3 is 0 Å². The van der Waals surface area contributed by atoms with Crippen LogP contribution >= 0.6 is 0 Å². The molecule has 1 rings (SSSR count). The maximum atomic E-state index is 11.0. The highest BCUT2D eigenvalue weighted by Gasteiger charge is 2.14. The number of aliphatic hydroxyl groups is 1. The summed E-state index contributed by atoms with van der Waals surface area (Å²) in [5.74, 6) is 0.617. The molecule has 1 atom stereocenters. The van der Waals surface area contributed by atoms with Crippen molar-refractivity contribution in [1.82, 2.24) is 5.32 Å². The Balaban J connectivity index is 3.07. The van der Waals surface area contributed by atoms with E-state index < -0.39 is 0 Å². The lowest BCUT2D eigenvalue weighted by molar-refractivity contribution is -0.114. The first-order valence-electron chi connectivity index (χ1n) is 5.86. The molecule has 100 valence electrons. The summed E-state index contributed by atoms with van der Waals surface area (Å²) in [5, 5.41) is 14.9. The van der Waals surface area contributed by atoms with Crippen molar-refractivity contribution >= 4 is 11.6 Å². The second kappa shape index (κ2) is 6.98. The lowest BCUT2D eigenvalue weighted by Gasteiger charge is -2.19. The van der Waals surface area contributed by atoms with Crippen molar-refractivity contribution in [3.05, 3.63) is 23.8 Å². The first kappa shape index (κ1) is 14.5. The molecule has 5 nitrogen and oxygen atoms in total. The van der Waals surface area contributed by atoms with Crippen molar-refractivity contribution in [2.75, 3.05) is 26.1 Å². The summed E-state index contributed by atoms with van der Waals surface area (Å²) in [6, 6.07) is 5.44. The molecule has 0 aliphatic carbocycles. The maximum Gasteiger partial charge on any atom is 0.221 e. The van der Waals surface area contributed by atoms with E-state index in [1.165, 1.54) is 6.92 Å². The number of anilines is 1. The standard InChI is InChI=1S/C13H20N2O3/c1-9(17)15-10-4-5-13(18-3)11(8-10)12(14-2)6-7-16/h4-5,8,12,14,16H,6-7H2,1-3H3,(H,15,17). The molecule has 0 saturated heterocycles. The number of carbonyl (C=O) groups is 1. The van der Waals surface area contributed by atoms with Gasteiger partial charge in [-0.3, -0.25) is 4.79 Å². The minimum absolute atomic E-state index is 0.0151. The van der Waals surface area contributed by atoms with Crippen LogP contribution in [0.25, 0.3) is 0 Å². The van der Waals surface area contributed by atoms with E-state index in [1.807, 2.05) is 19.2 Å². The smallest absolute Gasteiger partial charge is 0.221 e. The molecule has 0 radical (unpaired) electrons. The Kier molecular flexibility index (Phi) is 5.61. The molecule has 5 heteroatoms. The lowest BCUT2D eigenvalue weighted by atomic mass is 10.0. The molecule has 1 aromatic rings. The van der Waals surface area contributed by atoms with Gasteiger partial charge in [-0.05, 0) is 31.7 Å². The number of hydrogen-bond donors (Lipinski definition) is 3. The zero-order chi connectivity index (χ0) is 13.5. The average molecular weight is 252 g/mol. The van der Waals surface area contributed by atoms with Crippen LogP contribution in [0.3, 0.4) is 0 Å². The third-order valence-corrected chi connectivity index (χ3v) is 2.69. The Morgan fingerprint density at radius 3 is 2.72 bits per heavy atom. The molecule has 0 aromatic heterocycles. The van der Waals surface area contributed by atoms with E-state index in [1.54, 1.807) is 13.2 Å². The molecule has 18 heavy (non-hydrogen) atoms. The Morgan fingerprint density at radius 2 is 2.22 bits per heavy atom. The second-order valence-corrected chi connectivity index (χ2v) is 3.99. The van der Waals surface area contributed by atoms with Gasteiger partial charge in [-0.15, -0.1) is 0 Å². The molecule has 0 spiro atoms. The second-order valence-electron chi connectivity index (χ2n) is 3.99. The highest BCUT2D eigenvalue weighted by molar-refractivity contribution is 5.88. The fraction of sp³-hybridized carbons (Fsp3) is 0.462. The van der Waals surface area contributed by atoms with Crippen LogP contribution in [0.15, 0.2) is 18.2 Å². The van der Waals surface area contributed by atoms with Crippen LogP contribution in [0.1, 0.15) is 24.9 Å². The van der Waals surface area contributed by atoms with Gasteiger partial charge in [0.2, 0.25) is 5.91 Å². The van der Waals surface area contributed by atoms with Gasteiger partial charge in [-0.1, -0.05) is 0 Å². The summed E-state index contributed by atoms with van der Waals surface area (Å²) in [5.41, 5.74) is 1.64. The first-order valence-corrected chi connectivity index (χ1v) is 5.86. The SMILES string of the molecule is CNC(CCO)c1cc(NC(C)=O)ccc1OC. The molecule has 0 aliphatic rings. The number of hydrogen-bond acceptors (Lipinski definition) is 4. The van der Waals surface area contributed by atoms with Crippen LogP contribution in [-0.2, 0) is 4.79 Å². The summed E-state index contributed by atoms with van der Waals surface area (Å²) >= 11 is 0. The van der Waals surface area contributed by atoms with Crippen molar-refractivity contribution in [3.8, 4) is 5.75 Å². The Bertz CT molecular complexity index is 407. The normalized spacial score (nSPS) is 12.0. The molecule has 0 fully saturated rings. The van der Waals surface area contributed by atoms with Gasteiger partial charge < -0.3 is 20.5 Å². The minimum Gasteiger partial charge on any atom is -0.496 e. The van der Waals surface area contributed by atoms with E-state index in [-0.39, 0.29) is 18.6 Å². The third-order valence-electron chi connectivity index (χ3n) is 2.69. The molecule has 0 saturated carbocycles. The van der Waals surface area contributed by atoms with E-state index in [9.17, 15) is 4.79 Å². The number of methoxy groups -OCH3 is 1. The molecular formula is C13H20N2O3. The number of rotatable bonds is 6. The molecule has 1 unspecified atom stereocenters. The van der Waals surface area contributed by atoms with Crippen LogP contribution in [-0.4, -0.2) is 31.8 Å². The molecule has 3 N–H and O–H groups in total. The van der Waals surface area contributed by atoms with Crippen molar-refractivity contribution in [2.45, 2.75) is 19.4 Å². The molecule has 0 aliphatic heterocycles. The van der Waals surface area contributed by atoms with Crippen LogP contribution in [0.5, 0.6) is 5.75 Å². The number of ether oxygens (including phenoxy) is 1.